The molecule has 0 radical (unpaired) electrons. The van der Waals surface area contributed by atoms with Gasteiger partial charge in [-0.15, -0.1) is 0 Å². The monoisotopic (exact) mass is 449 g/mol. The molecule has 0 fully saturated rings. The molecule has 0 saturated carbocycles. The highest BCUT2D eigenvalue weighted by Gasteiger charge is 2.22. The SMILES string of the molecule is COC(=O)[C@@H](Cc1ccc(OCc2ccccc2)c(OCc2ccccc2)c1)NC(=O)CO. The van der Waals surface area contributed by atoms with E-state index in [-0.39, 0.29) is 6.42 Å². The van der Waals surface area contributed by atoms with E-state index in [0.717, 1.165) is 16.7 Å². The molecule has 0 spiro atoms. The quantitative estimate of drug-likeness (QED) is 0.437. The minimum Gasteiger partial charge on any atom is -0.485 e. The molecule has 0 unspecified atom stereocenters. The average molecular weight is 450 g/mol. The number of benzene rings is 3. The van der Waals surface area contributed by atoms with E-state index in [1.165, 1.54) is 7.11 Å². The van der Waals surface area contributed by atoms with Gasteiger partial charge in [0.2, 0.25) is 5.91 Å². The van der Waals surface area contributed by atoms with Crippen LogP contribution in [0.15, 0.2) is 78.9 Å². The topological polar surface area (TPSA) is 94.1 Å². The fourth-order valence-corrected chi connectivity index (χ4v) is 3.19. The van der Waals surface area contributed by atoms with Crippen LogP contribution >= 0.6 is 0 Å². The van der Waals surface area contributed by atoms with E-state index >= 15 is 0 Å². The molecule has 0 saturated heterocycles. The Balaban J connectivity index is 1.80. The van der Waals surface area contributed by atoms with Crippen molar-refractivity contribution in [2.75, 3.05) is 13.7 Å². The van der Waals surface area contributed by atoms with E-state index in [1.54, 1.807) is 18.2 Å². The Morgan fingerprint density at radius 1 is 0.818 bits per heavy atom. The number of aliphatic hydroxyl groups excluding tert-OH is 1. The third-order valence-electron chi connectivity index (χ3n) is 4.89. The molecule has 0 aliphatic rings. The van der Waals surface area contributed by atoms with Gasteiger partial charge in [0.1, 0.15) is 25.9 Å². The van der Waals surface area contributed by atoms with Crippen LogP contribution in [0.1, 0.15) is 16.7 Å². The minimum atomic E-state index is -0.937. The fourth-order valence-electron chi connectivity index (χ4n) is 3.19. The van der Waals surface area contributed by atoms with Gasteiger partial charge in [-0.1, -0.05) is 66.7 Å². The van der Waals surface area contributed by atoms with Crippen molar-refractivity contribution < 1.29 is 28.9 Å². The van der Waals surface area contributed by atoms with Crippen molar-refractivity contribution in [3.05, 3.63) is 95.6 Å². The van der Waals surface area contributed by atoms with Crippen molar-refractivity contribution in [1.29, 1.82) is 0 Å². The predicted molar refractivity (Wildman–Crippen MR) is 123 cm³/mol. The first-order valence-corrected chi connectivity index (χ1v) is 10.5. The van der Waals surface area contributed by atoms with E-state index in [2.05, 4.69) is 5.32 Å². The van der Waals surface area contributed by atoms with Gasteiger partial charge in [0.05, 0.1) is 7.11 Å². The van der Waals surface area contributed by atoms with Crippen LogP contribution in [0.5, 0.6) is 11.5 Å². The van der Waals surface area contributed by atoms with Crippen molar-refractivity contribution in [1.82, 2.24) is 5.32 Å². The summed E-state index contributed by atoms with van der Waals surface area (Å²) < 4.78 is 16.8. The molecule has 0 heterocycles. The molecule has 0 aliphatic heterocycles. The van der Waals surface area contributed by atoms with Gasteiger partial charge in [0, 0.05) is 6.42 Å². The summed E-state index contributed by atoms with van der Waals surface area (Å²) in [4.78, 5) is 23.7. The summed E-state index contributed by atoms with van der Waals surface area (Å²) >= 11 is 0. The Morgan fingerprint density at radius 2 is 1.39 bits per heavy atom. The second kappa shape index (κ2) is 12.3. The molecule has 0 bridgehead atoms. The van der Waals surface area contributed by atoms with E-state index < -0.39 is 24.5 Å². The zero-order valence-electron chi connectivity index (χ0n) is 18.4. The second-order valence-corrected chi connectivity index (χ2v) is 7.34. The van der Waals surface area contributed by atoms with Crippen molar-refractivity contribution >= 4 is 11.9 Å². The summed E-state index contributed by atoms with van der Waals surface area (Å²) in [7, 11) is 1.25. The summed E-state index contributed by atoms with van der Waals surface area (Å²) in [6, 6.07) is 24.0. The molecule has 7 nitrogen and oxygen atoms in total. The number of ether oxygens (including phenoxy) is 3. The summed E-state index contributed by atoms with van der Waals surface area (Å²) in [5.74, 6) is -0.182. The van der Waals surface area contributed by atoms with Crippen molar-refractivity contribution in [3.8, 4) is 11.5 Å². The molecule has 3 aromatic rings. The van der Waals surface area contributed by atoms with Gasteiger partial charge in [-0.3, -0.25) is 4.79 Å². The Morgan fingerprint density at radius 3 is 1.94 bits per heavy atom. The first kappa shape index (κ1) is 23.8. The van der Waals surface area contributed by atoms with Crippen molar-refractivity contribution in [2.45, 2.75) is 25.7 Å². The summed E-state index contributed by atoms with van der Waals surface area (Å²) in [5.41, 5.74) is 2.76. The zero-order valence-corrected chi connectivity index (χ0v) is 18.4. The van der Waals surface area contributed by atoms with Crippen LogP contribution in [0.4, 0.5) is 0 Å². The Hall–Kier alpha value is -3.84. The van der Waals surface area contributed by atoms with E-state index in [9.17, 15) is 9.59 Å². The number of methoxy groups -OCH3 is 1. The van der Waals surface area contributed by atoms with E-state index in [4.69, 9.17) is 19.3 Å². The van der Waals surface area contributed by atoms with E-state index in [1.807, 2.05) is 60.7 Å². The average Bonchev–Trinajstić information content (AvgIpc) is 2.87. The zero-order chi connectivity index (χ0) is 23.5. The number of carbonyl (C=O) groups excluding carboxylic acids is 2. The predicted octanol–water partition coefficient (Wildman–Crippen LogP) is 3.04. The van der Waals surface area contributed by atoms with Crippen LogP contribution in [0.3, 0.4) is 0 Å². The molecule has 172 valence electrons. The highest BCUT2D eigenvalue weighted by atomic mass is 16.5. The van der Waals surface area contributed by atoms with Crippen LogP contribution in [0, 0.1) is 0 Å². The molecule has 3 rings (SSSR count). The number of amides is 1. The maximum absolute atomic E-state index is 12.1. The maximum Gasteiger partial charge on any atom is 0.328 e. The summed E-state index contributed by atoms with van der Waals surface area (Å²) in [5, 5.41) is 11.5. The first-order chi connectivity index (χ1) is 16.1. The molecule has 3 aromatic carbocycles. The number of rotatable bonds is 11. The third kappa shape index (κ3) is 7.36. The van der Waals surface area contributed by atoms with Crippen LogP contribution in [0.25, 0.3) is 0 Å². The van der Waals surface area contributed by atoms with Gasteiger partial charge in [0.25, 0.3) is 0 Å². The molecule has 0 aromatic heterocycles. The molecule has 0 aliphatic carbocycles. The van der Waals surface area contributed by atoms with Crippen molar-refractivity contribution in [3.63, 3.8) is 0 Å². The highest BCUT2D eigenvalue weighted by molar-refractivity contribution is 5.85. The maximum atomic E-state index is 12.1. The molecular weight excluding hydrogens is 422 g/mol. The van der Waals surface area contributed by atoms with Gasteiger partial charge in [0.15, 0.2) is 11.5 Å². The van der Waals surface area contributed by atoms with E-state index in [0.29, 0.717) is 24.7 Å². The number of nitrogens with one attached hydrogen (secondary N) is 1. The minimum absolute atomic E-state index is 0.166. The Bertz CT molecular complexity index is 1040. The summed E-state index contributed by atoms with van der Waals surface area (Å²) in [6.45, 7) is -0.00189. The lowest BCUT2D eigenvalue weighted by molar-refractivity contribution is -0.145. The number of esters is 1. The van der Waals surface area contributed by atoms with Gasteiger partial charge in [-0.2, -0.15) is 0 Å². The van der Waals surface area contributed by atoms with Gasteiger partial charge >= 0.3 is 5.97 Å². The second-order valence-electron chi connectivity index (χ2n) is 7.34. The van der Waals surface area contributed by atoms with Crippen molar-refractivity contribution in [2.24, 2.45) is 0 Å². The van der Waals surface area contributed by atoms with Gasteiger partial charge in [-0.05, 0) is 28.8 Å². The largest absolute Gasteiger partial charge is 0.485 e. The number of aliphatic hydroxyl groups is 1. The van der Waals surface area contributed by atoms with Crippen LogP contribution in [-0.2, 0) is 34.0 Å². The number of carbonyl (C=O) groups is 2. The lowest BCUT2D eigenvalue weighted by Gasteiger charge is -2.18. The standard InChI is InChI=1S/C26H27NO6/c1-31-26(30)22(27-25(29)16-28)14-21-12-13-23(32-17-19-8-4-2-5-9-19)24(15-21)33-18-20-10-6-3-7-11-20/h2-13,15,22,28H,14,16-18H2,1H3,(H,27,29)/t22-/m1/s1. The molecule has 1 amide bonds. The number of hydrogen-bond acceptors (Lipinski definition) is 6. The molecular formula is C26H27NO6. The van der Waals surface area contributed by atoms with Crippen LogP contribution < -0.4 is 14.8 Å². The first-order valence-electron chi connectivity index (χ1n) is 10.5. The van der Waals surface area contributed by atoms with Gasteiger partial charge in [-0.25, -0.2) is 4.79 Å². The smallest absolute Gasteiger partial charge is 0.328 e. The molecule has 1 atom stereocenters. The molecule has 2 N–H and O–H groups in total. The number of hydrogen-bond donors (Lipinski definition) is 2. The van der Waals surface area contributed by atoms with Gasteiger partial charge < -0.3 is 24.6 Å². The Labute approximate surface area is 192 Å². The lowest BCUT2D eigenvalue weighted by atomic mass is 10.0. The van der Waals surface area contributed by atoms with Crippen LogP contribution in [-0.4, -0.2) is 36.7 Å². The fraction of sp³-hybridized carbons (Fsp3) is 0.231. The normalized spacial score (nSPS) is 11.3. The highest BCUT2D eigenvalue weighted by Crippen LogP contribution is 2.30. The van der Waals surface area contributed by atoms with Crippen LogP contribution in [0.2, 0.25) is 0 Å². The summed E-state index contributed by atoms with van der Waals surface area (Å²) in [6.07, 6.45) is 0.166. The Kier molecular flexibility index (Phi) is 8.85. The third-order valence-corrected chi connectivity index (χ3v) is 4.89. The molecule has 33 heavy (non-hydrogen) atoms. The lowest BCUT2D eigenvalue weighted by Crippen LogP contribution is -2.44. The molecule has 7 heteroatoms.